The van der Waals surface area contributed by atoms with E-state index < -0.39 is 0 Å². The molecule has 0 unspecified atom stereocenters. The molecule has 0 spiro atoms. The van der Waals surface area contributed by atoms with Crippen LogP contribution in [0.5, 0.6) is 0 Å². The van der Waals surface area contributed by atoms with Crippen LogP contribution in [0.4, 0.5) is 0 Å². The van der Waals surface area contributed by atoms with Crippen molar-refractivity contribution in [2.45, 2.75) is 0 Å². The second-order valence-electron chi connectivity index (χ2n) is 33.0. The largest absolute Gasteiger partial charge is 0.455 e. The lowest BCUT2D eigenvalue weighted by Crippen LogP contribution is -2.03. The molecule has 0 saturated heterocycles. The topological polar surface area (TPSA) is 95.4 Å². The Bertz CT molecular complexity index is 9080. The maximum atomic E-state index is 6.52. The summed E-state index contributed by atoms with van der Waals surface area (Å²) in [4.78, 5) is 31.7. The Hall–Kier alpha value is -16.8. The van der Waals surface area contributed by atoms with Gasteiger partial charge in [-0.05, 0) is 132 Å². The molecule has 7 heterocycles. The predicted molar refractivity (Wildman–Crippen MR) is 547 cm³/mol. The van der Waals surface area contributed by atoms with Gasteiger partial charge in [-0.1, -0.05) is 382 Å². The SMILES string of the molecule is c1ccc(-c2ccc(-c3ccc(-c4nc(-c5ccccc5)c5ccc6sc7c8ccccc8ccc7c6c5n4)cc3)cc2)cc1.c1ccc(-c2ccc(-c3cccc(-c4nc(-c5ccccc5)c5ccc6sc7c8ccccc8ccc7c6c5n4)c3)cc2)cc1.c1ccc(-c2nc(-n3c4ccccc4c4ccccc43)nc3c2ccc2oc4c5ccccc5ccc4c23)cc1. The van der Waals surface area contributed by atoms with E-state index in [-0.39, 0.29) is 0 Å². The first kappa shape index (κ1) is 75.7. The van der Waals surface area contributed by atoms with Gasteiger partial charge < -0.3 is 4.42 Å². The summed E-state index contributed by atoms with van der Waals surface area (Å²) in [5, 5.41) is 19.8. The molecule has 0 amide bonds. The van der Waals surface area contributed by atoms with Crippen molar-refractivity contribution in [1.82, 2.24) is 34.5 Å². The average Bonchev–Trinajstić information content (AvgIpc) is 1.63. The van der Waals surface area contributed by atoms with Gasteiger partial charge in [0, 0.05) is 106 Å². The van der Waals surface area contributed by atoms with Crippen molar-refractivity contribution in [2.75, 3.05) is 0 Å². The number of rotatable bonds is 10. The Labute approximate surface area is 754 Å². The lowest BCUT2D eigenvalue weighted by atomic mass is 9.98. The molecule has 27 rings (SSSR count). The van der Waals surface area contributed by atoms with Crippen LogP contribution in [0.15, 0.2) is 447 Å². The number of hydrogen-bond donors (Lipinski definition) is 0. The minimum absolute atomic E-state index is 0.645. The Morgan fingerprint density at radius 1 is 0.200 bits per heavy atom. The number of furan rings is 1. The molecule has 0 aliphatic heterocycles. The summed E-state index contributed by atoms with van der Waals surface area (Å²) < 4.78 is 13.8. The van der Waals surface area contributed by atoms with Crippen molar-refractivity contribution in [1.29, 1.82) is 0 Å². The van der Waals surface area contributed by atoms with Gasteiger partial charge in [-0.15, -0.1) is 22.7 Å². The maximum Gasteiger partial charge on any atom is 0.235 e. The highest BCUT2D eigenvalue weighted by Crippen LogP contribution is 2.48. The number of para-hydroxylation sites is 2. The second kappa shape index (κ2) is 31.7. The molecule has 0 N–H and O–H groups in total. The van der Waals surface area contributed by atoms with Gasteiger partial charge in [0.25, 0.3) is 0 Å². The molecule has 20 aromatic carbocycles. The van der Waals surface area contributed by atoms with Gasteiger partial charge in [-0.25, -0.2) is 29.9 Å². The third-order valence-corrected chi connectivity index (χ3v) is 27.8. The summed E-state index contributed by atoms with van der Waals surface area (Å²) in [6, 6.07) is 156. The third kappa shape index (κ3) is 13.2. The molecular weight excluding hydrogens is 1620 g/mol. The summed E-state index contributed by atoms with van der Waals surface area (Å²) in [7, 11) is 0. The maximum absolute atomic E-state index is 6.52. The van der Waals surface area contributed by atoms with Crippen molar-refractivity contribution in [3.05, 3.63) is 443 Å². The Kier molecular flexibility index (Phi) is 18.5. The van der Waals surface area contributed by atoms with Crippen molar-refractivity contribution in [3.63, 3.8) is 0 Å². The van der Waals surface area contributed by atoms with Crippen LogP contribution in [-0.4, -0.2) is 34.5 Å². The standard InChI is InChI=1S/2C42H26N2S.C36H21N3O/c1-3-10-27(11-4-1)28-18-20-29(21-19-28)32-15-9-16-33(26-32)42-43-39(31-13-5-2-6-14-31)36-24-25-37-38(40(36)44-42)35-23-22-30-12-7-8-17-34(30)41(35)45-37;1-3-9-27(10-4-1)28-15-17-29(18-16-28)30-19-21-33(22-20-30)42-43-39(32-12-5-2-6-13-32)36-25-26-37-38(40(36)44-42)35-24-23-31-11-7-8-14-34(31)41(35)45-37;1-2-11-23(12-3-1)33-28-20-21-31-32(27-19-18-22-10-4-5-13-24(22)35(27)40-31)34(28)38-36(37-33)39-29-16-8-6-14-25(29)26-15-7-9-17-30(26)39/h2*1-26H;1-21H. The van der Waals surface area contributed by atoms with Gasteiger partial charge in [0.1, 0.15) is 11.2 Å². The molecule has 0 atom stereocenters. The van der Waals surface area contributed by atoms with Gasteiger partial charge in [0.15, 0.2) is 11.6 Å². The minimum atomic E-state index is 0.645. The van der Waals surface area contributed by atoms with Crippen LogP contribution in [0.25, 0.3) is 256 Å². The van der Waals surface area contributed by atoms with E-state index in [4.69, 9.17) is 34.3 Å². The van der Waals surface area contributed by atoms with Gasteiger partial charge in [0.2, 0.25) is 5.95 Å². The lowest BCUT2D eigenvalue weighted by Gasteiger charge is -2.12. The van der Waals surface area contributed by atoms with Crippen LogP contribution in [0.3, 0.4) is 0 Å². The first-order valence-electron chi connectivity index (χ1n) is 43.8. The van der Waals surface area contributed by atoms with E-state index in [1.807, 2.05) is 28.7 Å². The smallest absolute Gasteiger partial charge is 0.235 e. The Morgan fingerprint density at radius 2 is 0.531 bits per heavy atom. The van der Waals surface area contributed by atoms with Crippen LogP contribution in [0, 0.1) is 0 Å². The molecule has 0 fully saturated rings. The predicted octanol–water partition coefficient (Wildman–Crippen LogP) is 33.1. The summed E-state index contributed by atoms with van der Waals surface area (Å²) in [5.41, 5.74) is 24.3. The van der Waals surface area contributed by atoms with Crippen molar-refractivity contribution in [2.24, 2.45) is 0 Å². The highest BCUT2D eigenvalue weighted by Gasteiger charge is 2.25. The fourth-order valence-electron chi connectivity index (χ4n) is 19.1. The number of benzene rings is 20. The van der Waals surface area contributed by atoms with Crippen LogP contribution in [-0.2, 0) is 0 Å². The van der Waals surface area contributed by atoms with Crippen LogP contribution < -0.4 is 0 Å². The van der Waals surface area contributed by atoms with E-state index in [0.29, 0.717) is 5.95 Å². The Morgan fingerprint density at radius 3 is 1.00 bits per heavy atom. The summed E-state index contributed by atoms with van der Waals surface area (Å²) >= 11 is 3.70. The van der Waals surface area contributed by atoms with Gasteiger partial charge >= 0.3 is 0 Å². The highest BCUT2D eigenvalue weighted by atomic mass is 32.1. The zero-order valence-corrected chi connectivity index (χ0v) is 71.6. The number of thiophene rings is 2. The van der Waals surface area contributed by atoms with Gasteiger partial charge in [0.05, 0.1) is 50.1 Å². The van der Waals surface area contributed by atoms with Gasteiger partial charge in [-0.3, -0.25) is 4.57 Å². The fourth-order valence-corrected chi connectivity index (χ4v) is 21.6. The lowest BCUT2D eigenvalue weighted by molar-refractivity contribution is 0.673. The van der Waals surface area contributed by atoms with Crippen LogP contribution >= 0.6 is 22.7 Å². The molecule has 0 aliphatic rings. The molecular formula is C120H73N7OS2. The first-order valence-corrected chi connectivity index (χ1v) is 45.4. The quantitative estimate of drug-likeness (QED) is 0.135. The van der Waals surface area contributed by atoms with Crippen LogP contribution in [0.1, 0.15) is 0 Å². The molecule has 0 aliphatic carbocycles. The molecule has 7 aromatic heterocycles. The van der Waals surface area contributed by atoms with Crippen molar-refractivity contribution in [3.8, 4) is 107 Å². The molecule has 8 nitrogen and oxygen atoms in total. The number of hydrogen-bond acceptors (Lipinski definition) is 9. The summed E-state index contributed by atoms with van der Waals surface area (Å²) in [5.74, 6) is 2.11. The Balaban J connectivity index is 0.000000105. The highest BCUT2D eigenvalue weighted by molar-refractivity contribution is 7.27. The number of nitrogens with zero attached hydrogens (tertiary/aromatic N) is 7. The molecule has 130 heavy (non-hydrogen) atoms. The van der Waals surface area contributed by atoms with E-state index in [2.05, 4.69) is 441 Å². The monoisotopic (exact) mass is 1690 g/mol. The van der Waals surface area contributed by atoms with E-state index in [1.54, 1.807) is 0 Å². The zero-order valence-electron chi connectivity index (χ0n) is 70.0. The van der Waals surface area contributed by atoms with Crippen molar-refractivity contribution < 1.29 is 4.42 Å². The first-order chi connectivity index (χ1) is 64.4. The van der Waals surface area contributed by atoms with E-state index in [1.165, 1.54) is 112 Å². The third-order valence-electron chi connectivity index (χ3n) is 25.4. The minimum Gasteiger partial charge on any atom is -0.455 e. The molecule has 0 bridgehead atoms. The normalized spacial score (nSPS) is 11.7. The van der Waals surface area contributed by atoms with E-state index in [0.717, 1.165) is 139 Å². The fraction of sp³-hybridized carbons (Fsp3) is 0. The molecule has 606 valence electrons. The number of aromatic nitrogens is 7. The zero-order chi connectivity index (χ0) is 85.7. The number of fused-ring (bicyclic) bond motifs is 24. The molecule has 10 heteroatoms. The summed E-state index contributed by atoms with van der Waals surface area (Å²) in [6.45, 7) is 0. The molecule has 0 radical (unpaired) electrons. The summed E-state index contributed by atoms with van der Waals surface area (Å²) in [6.07, 6.45) is 0. The van der Waals surface area contributed by atoms with Crippen molar-refractivity contribution >= 4 is 172 Å². The average molecular weight is 1690 g/mol. The molecule has 0 saturated carbocycles. The van der Waals surface area contributed by atoms with Crippen LogP contribution in [0.2, 0.25) is 0 Å². The molecule has 27 aromatic rings. The second-order valence-corrected chi connectivity index (χ2v) is 35.1. The van der Waals surface area contributed by atoms with E-state index in [9.17, 15) is 0 Å². The van der Waals surface area contributed by atoms with E-state index >= 15 is 0 Å². The van der Waals surface area contributed by atoms with Gasteiger partial charge in [-0.2, -0.15) is 0 Å².